The van der Waals surface area contributed by atoms with Crippen LogP contribution in [0.3, 0.4) is 0 Å². The van der Waals surface area contributed by atoms with Crippen LogP contribution in [0.25, 0.3) is 0 Å². The van der Waals surface area contributed by atoms with E-state index in [1.165, 1.54) is 0 Å². The highest BCUT2D eigenvalue weighted by atomic mass is 35.5. The van der Waals surface area contributed by atoms with Gasteiger partial charge < -0.3 is 0 Å². The van der Waals surface area contributed by atoms with Crippen molar-refractivity contribution >= 4 is 46.7 Å². The lowest BCUT2D eigenvalue weighted by atomic mass is 10.2. The molecule has 0 amide bonds. The Morgan fingerprint density at radius 2 is 1.41 bits per heavy atom. The van der Waals surface area contributed by atoms with Crippen LogP contribution < -0.4 is 0 Å². The molecule has 1 nitrogen and oxygen atoms in total. The zero-order chi connectivity index (χ0) is 12.3. The van der Waals surface area contributed by atoms with Gasteiger partial charge in [0.05, 0.1) is 15.7 Å². The molecule has 0 saturated heterocycles. The summed E-state index contributed by atoms with van der Waals surface area (Å²) in [6.07, 6.45) is 1.65. The second-order valence-corrected chi connectivity index (χ2v) is 4.62. The van der Waals surface area contributed by atoms with E-state index in [9.17, 15) is 0 Å². The molecule has 0 spiro atoms. The predicted octanol–water partition coefficient (Wildman–Crippen LogP) is 5.40. The van der Waals surface area contributed by atoms with Crippen molar-refractivity contribution in [2.45, 2.75) is 0 Å². The molecule has 0 aliphatic heterocycles. The number of nitrogens with zero attached hydrogens (tertiary/aromatic N) is 1. The third-order valence-electron chi connectivity index (χ3n) is 2.17. The lowest BCUT2D eigenvalue weighted by Crippen LogP contribution is -1.84. The van der Waals surface area contributed by atoms with Crippen molar-refractivity contribution in [2.75, 3.05) is 0 Å². The van der Waals surface area contributed by atoms with Gasteiger partial charge in [-0.1, -0.05) is 40.9 Å². The maximum atomic E-state index is 6.02. The molecule has 86 valence electrons. The average molecular weight is 285 g/mol. The smallest absolute Gasteiger partial charge is 0.0630 e. The van der Waals surface area contributed by atoms with Gasteiger partial charge in [-0.25, -0.2) is 0 Å². The van der Waals surface area contributed by atoms with Crippen molar-refractivity contribution in [3.63, 3.8) is 0 Å². The van der Waals surface area contributed by atoms with E-state index in [-0.39, 0.29) is 0 Å². The Balaban J connectivity index is 2.29. The number of hydrogen-bond acceptors (Lipinski definition) is 1. The highest BCUT2D eigenvalue weighted by Gasteiger charge is 2.01. The van der Waals surface area contributed by atoms with Crippen LogP contribution in [0.5, 0.6) is 0 Å². The maximum absolute atomic E-state index is 6.02. The van der Waals surface area contributed by atoms with Crippen LogP contribution in [-0.2, 0) is 0 Å². The molecule has 0 N–H and O–H groups in total. The Bertz CT molecular complexity index is 527. The zero-order valence-electron chi connectivity index (χ0n) is 8.70. The van der Waals surface area contributed by atoms with Gasteiger partial charge in [-0.2, -0.15) is 0 Å². The lowest BCUT2D eigenvalue weighted by Gasteiger charge is -2.00. The van der Waals surface area contributed by atoms with Crippen LogP contribution in [0.4, 0.5) is 5.69 Å². The summed E-state index contributed by atoms with van der Waals surface area (Å²) in [6, 6.07) is 12.6. The Morgan fingerprint density at radius 3 is 2.00 bits per heavy atom. The number of benzene rings is 2. The summed E-state index contributed by atoms with van der Waals surface area (Å²) in [5.74, 6) is 0. The summed E-state index contributed by atoms with van der Waals surface area (Å²) in [4.78, 5) is 4.29. The topological polar surface area (TPSA) is 12.4 Å². The number of hydrogen-bond donors (Lipinski definition) is 0. The van der Waals surface area contributed by atoms with Gasteiger partial charge in [-0.3, -0.25) is 4.99 Å². The van der Waals surface area contributed by atoms with Gasteiger partial charge in [0.25, 0.3) is 0 Å². The first-order chi connectivity index (χ1) is 8.16. The van der Waals surface area contributed by atoms with E-state index in [2.05, 4.69) is 4.99 Å². The van der Waals surface area contributed by atoms with Gasteiger partial charge >= 0.3 is 0 Å². The third kappa shape index (κ3) is 3.22. The molecule has 0 saturated carbocycles. The minimum Gasteiger partial charge on any atom is -0.256 e. The molecular formula is C13H8Cl3N. The second-order valence-electron chi connectivity index (χ2n) is 3.37. The molecular weight excluding hydrogens is 277 g/mol. The molecule has 4 heteroatoms. The Kier molecular flexibility index (Phi) is 4.06. The van der Waals surface area contributed by atoms with Crippen molar-refractivity contribution in [1.82, 2.24) is 0 Å². The number of aliphatic imine (C=N–C) groups is 1. The van der Waals surface area contributed by atoms with Crippen molar-refractivity contribution in [3.05, 3.63) is 63.1 Å². The SMILES string of the molecule is Clc1ccc(N=Cc2c(Cl)cccc2Cl)cc1. The first-order valence-corrected chi connectivity index (χ1v) is 6.04. The van der Waals surface area contributed by atoms with Crippen LogP contribution >= 0.6 is 34.8 Å². The summed E-state index contributed by atoms with van der Waals surface area (Å²) in [6.45, 7) is 0. The summed E-state index contributed by atoms with van der Waals surface area (Å²) in [5.41, 5.74) is 1.51. The second kappa shape index (κ2) is 5.54. The van der Waals surface area contributed by atoms with Gasteiger partial charge in [-0.15, -0.1) is 0 Å². The predicted molar refractivity (Wildman–Crippen MR) is 75.2 cm³/mol. The minimum absolute atomic E-state index is 0.579. The van der Waals surface area contributed by atoms with Gasteiger partial charge in [0.2, 0.25) is 0 Å². The maximum Gasteiger partial charge on any atom is 0.0630 e. The molecule has 0 radical (unpaired) electrons. The standard InChI is InChI=1S/C13H8Cl3N/c14-9-4-6-10(7-5-9)17-8-11-12(15)2-1-3-13(11)16/h1-8H. The number of halogens is 3. The summed E-state index contributed by atoms with van der Waals surface area (Å²) in [7, 11) is 0. The largest absolute Gasteiger partial charge is 0.256 e. The van der Waals surface area contributed by atoms with Gasteiger partial charge in [0.15, 0.2) is 0 Å². The lowest BCUT2D eigenvalue weighted by molar-refractivity contribution is 1.52. The zero-order valence-corrected chi connectivity index (χ0v) is 11.0. The fourth-order valence-corrected chi connectivity index (χ4v) is 1.92. The number of rotatable bonds is 2. The highest BCUT2D eigenvalue weighted by molar-refractivity contribution is 6.38. The quantitative estimate of drug-likeness (QED) is 0.655. The van der Waals surface area contributed by atoms with Crippen molar-refractivity contribution in [1.29, 1.82) is 0 Å². The van der Waals surface area contributed by atoms with E-state index in [0.29, 0.717) is 20.6 Å². The van der Waals surface area contributed by atoms with E-state index < -0.39 is 0 Å². The molecule has 0 unspecified atom stereocenters. The van der Waals surface area contributed by atoms with Crippen LogP contribution in [0, 0.1) is 0 Å². The third-order valence-corrected chi connectivity index (χ3v) is 3.08. The van der Waals surface area contributed by atoms with E-state index in [1.54, 1.807) is 36.5 Å². The normalized spacial score (nSPS) is 11.0. The monoisotopic (exact) mass is 283 g/mol. The molecule has 0 aliphatic rings. The fourth-order valence-electron chi connectivity index (χ4n) is 1.30. The van der Waals surface area contributed by atoms with E-state index in [4.69, 9.17) is 34.8 Å². The van der Waals surface area contributed by atoms with E-state index >= 15 is 0 Å². The summed E-state index contributed by atoms with van der Waals surface area (Å²) in [5, 5.41) is 1.84. The summed E-state index contributed by atoms with van der Waals surface area (Å²) < 4.78 is 0. The molecule has 2 aromatic rings. The van der Waals surface area contributed by atoms with Crippen LogP contribution in [0.1, 0.15) is 5.56 Å². The Morgan fingerprint density at radius 1 is 0.824 bits per heavy atom. The molecule has 0 bridgehead atoms. The molecule has 0 aromatic heterocycles. The Labute approximate surface area is 115 Å². The van der Waals surface area contributed by atoms with Gasteiger partial charge in [0, 0.05) is 16.8 Å². The summed E-state index contributed by atoms with van der Waals surface area (Å²) >= 11 is 17.8. The first-order valence-electron chi connectivity index (χ1n) is 4.90. The molecule has 0 aliphatic carbocycles. The molecule has 2 rings (SSSR count). The van der Waals surface area contributed by atoms with Crippen LogP contribution in [-0.4, -0.2) is 6.21 Å². The first kappa shape index (κ1) is 12.4. The average Bonchev–Trinajstić information content (AvgIpc) is 2.31. The molecule has 0 heterocycles. The van der Waals surface area contributed by atoms with Gasteiger partial charge in [-0.05, 0) is 36.4 Å². The van der Waals surface area contributed by atoms with E-state index in [1.807, 2.05) is 12.1 Å². The molecule has 17 heavy (non-hydrogen) atoms. The van der Waals surface area contributed by atoms with Gasteiger partial charge in [0.1, 0.15) is 0 Å². The molecule has 0 atom stereocenters. The fraction of sp³-hybridized carbons (Fsp3) is 0. The van der Waals surface area contributed by atoms with Crippen LogP contribution in [0.15, 0.2) is 47.5 Å². The molecule has 2 aromatic carbocycles. The van der Waals surface area contributed by atoms with Crippen molar-refractivity contribution in [3.8, 4) is 0 Å². The van der Waals surface area contributed by atoms with E-state index in [0.717, 1.165) is 5.69 Å². The Hall–Kier alpha value is -1.02. The molecule has 0 fully saturated rings. The minimum atomic E-state index is 0.579. The highest BCUT2D eigenvalue weighted by Crippen LogP contribution is 2.23. The van der Waals surface area contributed by atoms with Crippen molar-refractivity contribution < 1.29 is 0 Å². The van der Waals surface area contributed by atoms with Crippen LogP contribution in [0.2, 0.25) is 15.1 Å². The van der Waals surface area contributed by atoms with Crippen molar-refractivity contribution in [2.24, 2.45) is 4.99 Å².